The molecule has 66 heavy (non-hydrogen) atoms. The molecule has 0 aliphatic heterocycles. The van der Waals surface area contributed by atoms with Crippen LogP contribution in [0.3, 0.4) is 0 Å². The first-order valence-corrected chi connectivity index (χ1v) is 22.8. The summed E-state index contributed by atoms with van der Waals surface area (Å²) in [6.07, 6.45) is 0. The monoisotopic (exact) mass is 837 g/mol. The summed E-state index contributed by atoms with van der Waals surface area (Å²) in [4.78, 5) is 2.46. The third-order valence-corrected chi connectivity index (χ3v) is 14.0. The van der Waals surface area contributed by atoms with Crippen molar-refractivity contribution < 1.29 is 4.42 Å². The second kappa shape index (κ2) is 14.4. The summed E-state index contributed by atoms with van der Waals surface area (Å²) < 4.78 is 6.59. The molecule has 0 amide bonds. The first-order valence-electron chi connectivity index (χ1n) is 22.8. The summed E-state index contributed by atoms with van der Waals surface area (Å²) in [5, 5.41) is 21.8. The fraction of sp³-hybridized carbons (Fsp3) is 0. The van der Waals surface area contributed by atoms with Crippen molar-refractivity contribution in [3.05, 3.63) is 237 Å². The Labute approximate surface area is 380 Å². The van der Waals surface area contributed by atoms with Gasteiger partial charge in [-0.05, 0) is 134 Å². The van der Waals surface area contributed by atoms with Crippen LogP contribution in [0.2, 0.25) is 0 Å². The number of para-hydroxylation sites is 2. The van der Waals surface area contributed by atoms with E-state index in [0.29, 0.717) is 0 Å². The Kier molecular flexibility index (Phi) is 8.02. The smallest absolute Gasteiger partial charge is 0.137 e. The van der Waals surface area contributed by atoms with Crippen LogP contribution in [0.4, 0.5) is 17.1 Å². The number of furan rings is 1. The van der Waals surface area contributed by atoms with Crippen molar-refractivity contribution in [2.24, 2.45) is 0 Å². The molecule has 0 saturated heterocycles. The minimum absolute atomic E-state index is 0.855. The molecule has 0 aliphatic rings. The van der Waals surface area contributed by atoms with Crippen molar-refractivity contribution in [2.75, 3.05) is 4.90 Å². The van der Waals surface area contributed by atoms with E-state index in [4.69, 9.17) is 4.42 Å². The standard InChI is InChI=1S/C64H39NO/c1-2-16-40(17-3-1)45-20-10-12-28-57(45)65(58-29-15-31-60-64(58)53-27-11-13-30-59(53)66-60)44-35-37-51-49-24-7-5-22-47(49)46-21-4-6-23-48(46)50-25-8-9-26-52(50)63-54-36-34-42-19-14-18-41-32-33-43(62(54)61(41)42)38-56(63)55(51)39-44/h1-39H. The van der Waals surface area contributed by atoms with E-state index in [2.05, 4.69) is 235 Å². The number of rotatable bonds is 4. The Bertz CT molecular complexity index is 4340. The SMILES string of the molecule is c1ccc(-c2ccccc2N(c2ccc3c4ccccc4c4ccccc4c4ccccc4c4c(cc5ccc6cccc7ccc4c5c67)c3c2)c2cccc3oc4ccccc4c23)cc1. The van der Waals surface area contributed by atoms with Gasteiger partial charge in [-0.25, -0.2) is 0 Å². The van der Waals surface area contributed by atoms with Gasteiger partial charge in [-0.2, -0.15) is 0 Å². The van der Waals surface area contributed by atoms with Crippen LogP contribution in [0.25, 0.3) is 119 Å². The van der Waals surface area contributed by atoms with Crippen LogP contribution in [0.15, 0.2) is 241 Å². The van der Waals surface area contributed by atoms with Crippen molar-refractivity contribution in [2.45, 2.75) is 0 Å². The Morgan fingerprint density at radius 2 is 0.788 bits per heavy atom. The van der Waals surface area contributed by atoms with Crippen LogP contribution in [0.1, 0.15) is 0 Å². The Balaban J connectivity index is 1.23. The van der Waals surface area contributed by atoms with E-state index in [0.717, 1.165) is 50.1 Å². The first kappa shape index (κ1) is 36.7. The summed E-state index contributed by atoms with van der Waals surface area (Å²) in [7, 11) is 0. The molecular formula is C64H39NO. The highest BCUT2D eigenvalue weighted by Crippen LogP contribution is 2.49. The van der Waals surface area contributed by atoms with Gasteiger partial charge < -0.3 is 9.32 Å². The number of fused-ring (bicyclic) bond motifs is 14. The Hall–Kier alpha value is -8.72. The number of nitrogens with zero attached hydrogens (tertiary/aromatic N) is 1. The summed E-state index contributed by atoms with van der Waals surface area (Å²) in [5.74, 6) is 0. The lowest BCUT2D eigenvalue weighted by atomic mass is 9.87. The second-order valence-corrected chi connectivity index (χ2v) is 17.5. The van der Waals surface area contributed by atoms with Gasteiger partial charge in [0.1, 0.15) is 11.2 Å². The molecule has 0 aliphatic carbocycles. The van der Waals surface area contributed by atoms with Gasteiger partial charge >= 0.3 is 0 Å². The predicted octanol–water partition coefficient (Wildman–Crippen LogP) is 18.5. The topological polar surface area (TPSA) is 16.4 Å². The van der Waals surface area contributed by atoms with E-state index in [1.165, 1.54) is 86.2 Å². The molecule has 0 spiro atoms. The van der Waals surface area contributed by atoms with E-state index in [1.807, 2.05) is 6.07 Å². The number of anilines is 3. The largest absolute Gasteiger partial charge is 0.456 e. The van der Waals surface area contributed by atoms with Gasteiger partial charge in [0.15, 0.2) is 0 Å². The normalized spacial score (nSPS) is 11.9. The summed E-state index contributed by atoms with van der Waals surface area (Å²) in [6.45, 7) is 0. The van der Waals surface area contributed by atoms with E-state index in [1.54, 1.807) is 0 Å². The van der Waals surface area contributed by atoms with Gasteiger partial charge in [-0.3, -0.25) is 0 Å². The van der Waals surface area contributed by atoms with Crippen LogP contribution in [-0.4, -0.2) is 0 Å². The van der Waals surface area contributed by atoms with Crippen molar-refractivity contribution >= 4 is 125 Å². The Morgan fingerprint density at radius 3 is 1.53 bits per heavy atom. The minimum atomic E-state index is 0.855. The maximum absolute atomic E-state index is 6.59. The molecule has 2 nitrogen and oxygen atoms in total. The number of hydrogen-bond acceptors (Lipinski definition) is 2. The minimum Gasteiger partial charge on any atom is -0.456 e. The molecule has 1 aromatic heterocycles. The van der Waals surface area contributed by atoms with E-state index in [9.17, 15) is 0 Å². The molecule has 1 heterocycles. The molecule has 14 rings (SSSR count). The van der Waals surface area contributed by atoms with Crippen molar-refractivity contribution in [1.82, 2.24) is 0 Å². The fourth-order valence-electron chi connectivity index (χ4n) is 11.2. The third kappa shape index (κ3) is 5.42. The third-order valence-electron chi connectivity index (χ3n) is 14.0. The second-order valence-electron chi connectivity index (χ2n) is 17.5. The zero-order valence-electron chi connectivity index (χ0n) is 35.9. The van der Waals surface area contributed by atoms with Crippen LogP contribution in [0.5, 0.6) is 0 Å². The van der Waals surface area contributed by atoms with Crippen LogP contribution in [-0.2, 0) is 0 Å². The predicted molar refractivity (Wildman–Crippen MR) is 283 cm³/mol. The molecule has 0 atom stereocenters. The summed E-state index contributed by atoms with van der Waals surface area (Å²) in [5.41, 5.74) is 7.20. The zero-order chi connectivity index (χ0) is 43.3. The molecule has 0 bridgehead atoms. The molecule has 0 unspecified atom stereocenters. The van der Waals surface area contributed by atoms with Gasteiger partial charge in [0.2, 0.25) is 0 Å². The lowest BCUT2D eigenvalue weighted by molar-refractivity contribution is 0.669. The average Bonchev–Trinajstić information content (AvgIpc) is 3.78. The molecule has 0 N–H and O–H groups in total. The molecule has 306 valence electrons. The molecular weight excluding hydrogens is 799 g/mol. The molecule has 0 radical (unpaired) electrons. The molecule has 0 fully saturated rings. The fourth-order valence-corrected chi connectivity index (χ4v) is 11.2. The van der Waals surface area contributed by atoms with Gasteiger partial charge in [0.25, 0.3) is 0 Å². The van der Waals surface area contributed by atoms with Crippen molar-refractivity contribution in [3.8, 4) is 11.1 Å². The highest BCUT2D eigenvalue weighted by Gasteiger charge is 2.23. The average molecular weight is 838 g/mol. The lowest BCUT2D eigenvalue weighted by Gasteiger charge is -2.29. The van der Waals surface area contributed by atoms with Crippen molar-refractivity contribution in [3.63, 3.8) is 0 Å². The molecule has 0 saturated carbocycles. The highest BCUT2D eigenvalue weighted by atomic mass is 16.3. The summed E-state index contributed by atoms with van der Waals surface area (Å²) in [6, 6.07) is 87.1. The molecule has 13 aromatic carbocycles. The van der Waals surface area contributed by atoms with Crippen LogP contribution in [0, 0.1) is 0 Å². The van der Waals surface area contributed by atoms with Gasteiger partial charge in [-0.15, -0.1) is 0 Å². The maximum Gasteiger partial charge on any atom is 0.137 e. The zero-order valence-corrected chi connectivity index (χ0v) is 35.9. The van der Waals surface area contributed by atoms with Crippen LogP contribution >= 0.6 is 0 Å². The van der Waals surface area contributed by atoms with Crippen LogP contribution < -0.4 is 4.90 Å². The van der Waals surface area contributed by atoms with E-state index in [-0.39, 0.29) is 0 Å². The molecule has 2 heteroatoms. The number of hydrogen-bond donors (Lipinski definition) is 0. The first-order chi connectivity index (χ1) is 32.8. The van der Waals surface area contributed by atoms with E-state index >= 15 is 0 Å². The maximum atomic E-state index is 6.59. The van der Waals surface area contributed by atoms with Gasteiger partial charge in [0.05, 0.1) is 16.8 Å². The number of benzene rings is 12. The summed E-state index contributed by atoms with van der Waals surface area (Å²) >= 11 is 0. The quantitative estimate of drug-likeness (QED) is 0.164. The molecule has 14 aromatic rings. The van der Waals surface area contributed by atoms with E-state index < -0.39 is 0 Å². The highest BCUT2D eigenvalue weighted by molar-refractivity contribution is 6.37. The van der Waals surface area contributed by atoms with Crippen molar-refractivity contribution in [1.29, 1.82) is 0 Å². The Morgan fingerprint density at radius 1 is 0.258 bits per heavy atom. The van der Waals surface area contributed by atoms with Gasteiger partial charge in [-0.1, -0.05) is 194 Å². The van der Waals surface area contributed by atoms with Gasteiger partial charge in [0, 0.05) is 16.6 Å². The lowest BCUT2D eigenvalue weighted by Crippen LogP contribution is -2.11.